The summed E-state index contributed by atoms with van der Waals surface area (Å²) >= 11 is 0. The van der Waals surface area contributed by atoms with Gasteiger partial charge in [0.1, 0.15) is 5.75 Å². The van der Waals surface area contributed by atoms with E-state index in [1.807, 2.05) is 0 Å². The van der Waals surface area contributed by atoms with E-state index in [1.54, 1.807) is 12.1 Å². The van der Waals surface area contributed by atoms with Crippen LogP contribution in [0.3, 0.4) is 0 Å². The molecule has 0 unspecified atom stereocenters. The summed E-state index contributed by atoms with van der Waals surface area (Å²) in [7, 11) is 0. The third kappa shape index (κ3) is 6.34. The van der Waals surface area contributed by atoms with E-state index in [1.165, 1.54) is 19.1 Å². The lowest BCUT2D eigenvalue weighted by Gasteiger charge is -2.06. The topological polar surface area (TPSA) is 108 Å². The maximum absolute atomic E-state index is 11.4. The molecule has 0 bridgehead atoms. The Bertz CT molecular complexity index is 485. The van der Waals surface area contributed by atoms with E-state index >= 15 is 0 Å². The third-order valence-corrected chi connectivity index (χ3v) is 2.13. The maximum atomic E-state index is 11.4. The van der Waals surface area contributed by atoms with Gasteiger partial charge in [0.2, 0.25) is 5.91 Å². The van der Waals surface area contributed by atoms with Gasteiger partial charge < -0.3 is 14.9 Å². The molecule has 0 saturated carbocycles. The molecular formula is C12H14N2O6. The van der Waals surface area contributed by atoms with Crippen molar-refractivity contribution in [3.63, 3.8) is 0 Å². The fourth-order valence-electron chi connectivity index (χ4n) is 1.35. The number of amides is 1. The van der Waals surface area contributed by atoms with Crippen LogP contribution in [-0.4, -0.2) is 23.6 Å². The van der Waals surface area contributed by atoms with Crippen molar-refractivity contribution in [3.8, 4) is 5.75 Å². The number of carbonyl (C=O) groups excluding carboxylic acids is 2. The van der Waals surface area contributed by atoms with Gasteiger partial charge in [-0.1, -0.05) is 0 Å². The smallest absolute Gasteiger partial charge is 0.311 e. The lowest BCUT2D eigenvalue weighted by molar-refractivity contribution is -0.757. The van der Waals surface area contributed by atoms with Crippen LogP contribution in [-0.2, 0) is 14.4 Å². The SMILES string of the molecule is CC(=O)Nc1ccc(OC(=O)CCCO[N+](=O)[O-])cc1. The largest absolute Gasteiger partial charge is 0.427 e. The molecule has 8 heteroatoms. The van der Waals surface area contributed by atoms with Crippen LogP contribution in [0.5, 0.6) is 5.75 Å². The van der Waals surface area contributed by atoms with Crippen LogP contribution in [0.1, 0.15) is 19.8 Å². The van der Waals surface area contributed by atoms with Gasteiger partial charge in [-0.05, 0) is 30.7 Å². The highest BCUT2D eigenvalue weighted by molar-refractivity contribution is 5.88. The molecule has 0 aliphatic carbocycles. The highest BCUT2D eigenvalue weighted by Gasteiger charge is 2.06. The molecule has 0 spiro atoms. The fourth-order valence-corrected chi connectivity index (χ4v) is 1.35. The summed E-state index contributed by atoms with van der Waals surface area (Å²) in [6, 6.07) is 6.27. The van der Waals surface area contributed by atoms with Gasteiger partial charge in [-0.15, -0.1) is 10.1 Å². The van der Waals surface area contributed by atoms with Crippen LogP contribution in [0.2, 0.25) is 0 Å². The number of nitrogens with one attached hydrogen (secondary N) is 1. The van der Waals surface area contributed by atoms with Gasteiger partial charge in [0, 0.05) is 19.0 Å². The molecule has 1 amide bonds. The van der Waals surface area contributed by atoms with Gasteiger partial charge in [0.05, 0.1) is 6.61 Å². The molecule has 0 aliphatic heterocycles. The molecule has 0 heterocycles. The van der Waals surface area contributed by atoms with Crippen molar-refractivity contribution in [1.29, 1.82) is 0 Å². The minimum Gasteiger partial charge on any atom is -0.427 e. The number of benzene rings is 1. The molecule has 1 N–H and O–H groups in total. The Labute approximate surface area is 114 Å². The minimum atomic E-state index is -0.911. The van der Waals surface area contributed by atoms with E-state index in [0.717, 1.165) is 0 Å². The number of nitrogens with zero attached hydrogens (tertiary/aromatic N) is 1. The number of rotatable bonds is 7. The predicted octanol–water partition coefficient (Wildman–Crippen LogP) is 1.54. The first-order valence-electron chi connectivity index (χ1n) is 5.83. The zero-order chi connectivity index (χ0) is 15.0. The van der Waals surface area contributed by atoms with E-state index < -0.39 is 11.1 Å². The van der Waals surface area contributed by atoms with Crippen LogP contribution < -0.4 is 10.1 Å². The van der Waals surface area contributed by atoms with E-state index in [4.69, 9.17) is 4.74 Å². The number of hydrogen-bond acceptors (Lipinski definition) is 6. The minimum absolute atomic E-state index is 0.0152. The second-order valence-corrected chi connectivity index (χ2v) is 3.84. The zero-order valence-corrected chi connectivity index (χ0v) is 10.8. The molecular weight excluding hydrogens is 268 g/mol. The van der Waals surface area contributed by atoms with Crippen molar-refractivity contribution in [2.45, 2.75) is 19.8 Å². The quantitative estimate of drug-likeness (QED) is 0.267. The number of ether oxygens (including phenoxy) is 1. The molecule has 20 heavy (non-hydrogen) atoms. The summed E-state index contributed by atoms with van der Waals surface area (Å²) in [6.45, 7) is 1.24. The first kappa shape index (κ1) is 15.4. The summed E-state index contributed by atoms with van der Waals surface area (Å²) in [5.74, 6) is -0.371. The average Bonchev–Trinajstić information content (AvgIpc) is 2.36. The van der Waals surface area contributed by atoms with Crippen LogP contribution in [0.15, 0.2) is 24.3 Å². The summed E-state index contributed by atoms with van der Waals surface area (Å²) < 4.78 is 5.00. The van der Waals surface area contributed by atoms with Gasteiger partial charge in [0.15, 0.2) is 0 Å². The van der Waals surface area contributed by atoms with Crippen molar-refractivity contribution < 1.29 is 24.3 Å². The van der Waals surface area contributed by atoms with E-state index in [2.05, 4.69) is 10.2 Å². The third-order valence-electron chi connectivity index (χ3n) is 2.13. The molecule has 0 radical (unpaired) electrons. The van der Waals surface area contributed by atoms with Gasteiger partial charge in [0.25, 0.3) is 5.09 Å². The molecule has 1 aromatic rings. The van der Waals surface area contributed by atoms with Crippen LogP contribution in [0, 0.1) is 10.1 Å². The standard InChI is InChI=1S/C12H14N2O6/c1-9(15)13-10-4-6-11(7-5-10)20-12(16)3-2-8-19-14(17)18/h4-7H,2-3,8H2,1H3,(H,13,15). The number of esters is 1. The Hall–Kier alpha value is -2.64. The number of hydrogen-bond donors (Lipinski definition) is 1. The monoisotopic (exact) mass is 282 g/mol. The van der Waals surface area contributed by atoms with Gasteiger partial charge in [-0.25, -0.2) is 0 Å². The summed E-state index contributed by atoms with van der Waals surface area (Å²) in [6.07, 6.45) is 0.213. The van der Waals surface area contributed by atoms with Gasteiger partial charge in [-0.2, -0.15) is 0 Å². The Morgan fingerprint density at radius 2 is 1.95 bits per heavy atom. The normalized spacial score (nSPS) is 9.65. The molecule has 0 fully saturated rings. The van der Waals surface area contributed by atoms with Crippen LogP contribution in [0.25, 0.3) is 0 Å². The molecule has 0 aromatic heterocycles. The van der Waals surface area contributed by atoms with Crippen molar-refractivity contribution in [1.82, 2.24) is 0 Å². The molecule has 8 nitrogen and oxygen atoms in total. The number of anilines is 1. The second-order valence-electron chi connectivity index (χ2n) is 3.84. The van der Waals surface area contributed by atoms with E-state index in [0.29, 0.717) is 11.4 Å². The summed E-state index contributed by atoms with van der Waals surface area (Å²) in [5.41, 5.74) is 0.594. The van der Waals surface area contributed by atoms with E-state index in [-0.39, 0.29) is 25.4 Å². The van der Waals surface area contributed by atoms with E-state index in [9.17, 15) is 19.7 Å². The van der Waals surface area contributed by atoms with Crippen LogP contribution >= 0.6 is 0 Å². The van der Waals surface area contributed by atoms with Crippen molar-refractivity contribution in [2.75, 3.05) is 11.9 Å². The lowest BCUT2D eigenvalue weighted by Crippen LogP contribution is -2.10. The summed E-state index contributed by atoms with van der Waals surface area (Å²) in [5, 5.41) is 11.5. The average molecular weight is 282 g/mol. The Morgan fingerprint density at radius 3 is 2.50 bits per heavy atom. The molecule has 0 atom stereocenters. The highest BCUT2D eigenvalue weighted by Crippen LogP contribution is 2.16. The van der Waals surface area contributed by atoms with Crippen molar-refractivity contribution in [2.24, 2.45) is 0 Å². The van der Waals surface area contributed by atoms with Gasteiger partial charge >= 0.3 is 5.97 Å². The van der Waals surface area contributed by atoms with Gasteiger partial charge in [-0.3, -0.25) is 9.59 Å². The van der Waals surface area contributed by atoms with Crippen molar-refractivity contribution in [3.05, 3.63) is 34.4 Å². The lowest BCUT2D eigenvalue weighted by atomic mass is 10.3. The Balaban J connectivity index is 2.34. The molecule has 1 aromatic carbocycles. The molecule has 0 saturated heterocycles. The zero-order valence-electron chi connectivity index (χ0n) is 10.8. The Kier molecular flexibility index (Phi) is 5.95. The first-order valence-corrected chi connectivity index (χ1v) is 5.83. The maximum Gasteiger partial charge on any atom is 0.311 e. The summed E-state index contributed by atoms with van der Waals surface area (Å²) in [4.78, 5) is 36.2. The Morgan fingerprint density at radius 1 is 1.30 bits per heavy atom. The first-order chi connectivity index (χ1) is 9.47. The fraction of sp³-hybridized carbons (Fsp3) is 0.333. The molecule has 0 aliphatic rings. The predicted molar refractivity (Wildman–Crippen MR) is 68.6 cm³/mol. The second kappa shape index (κ2) is 7.72. The van der Waals surface area contributed by atoms with Crippen LogP contribution in [0.4, 0.5) is 5.69 Å². The highest BCUT2D eigenvalue weighted by atomic mass is 16.9. The number of carbonyl (C=O) groups is 2. The molecule has 108 valence electrons. The molecule has 1 rings (SSSR count). The van der Waals surface area contributed by atoms with Crippen molar-refractivity contribution >= 4 is 17.6 Å².